The van der Waals surface area contributed by atoms with Crippen LogP contribution in [-0.2, 0) is 10.1 Å². The number of halogens is 2. The van der Waals surface area contributed by atoms with Crippen LogP contribution in [0.25, 0.3) is 0 Å². The van der Waals surface area contributed by atoms with Crippen LogP contribution in [0.5, 0.6) is 0 Å². The van der Waals surface area contributed by atoms with Gasteiger partial charge in [-0.1, -0.05) is 35.3 Å². The van der Waals surface area contributed by atoms with Gasteiger partial charge in [-0.3, -0.25) is 9.35 Å². The molecule has 0 amide bonds. The molecule has 0 heterocycles. The molecule has 2 rings (SSSR count). The maximum absolute atomic E-state index is 12.3. The number of benzene rings is 2. The van der Waals surface area contributed by atoms with E-state index in [4.69, 9.17) is 27.8 Å². The van der Waals surface area contributed by atoms with Gasteiger partial charge in [0.25, 0.3) is 10.1 Å². The Bertz CT molecular complexity index is 791. The summed E-state index contributed by atoms with van der Waals surface area (Å²) in [5, 5.41) is 0.542. The number of ketones is 1. The van der Waals surface area contributed by atoms with Crippen molar-refractivity contribution in [2.75, 3.05) is 0 Å². The summed E-state index contributed by atoms with van der Waals surface area (Å²) in [5.41, 5.74) is 0.246. The van der Waals surface area contributed by atoms with Crippen LogP contribution in [0.1, 0.15) is 15.9 Å². The molecule has 21 heavy (non-hydrogen) atoms. The molecular weight excluding hydrogens is 346 g/mol. The SMILES string of the molecule is O=C(c1cccc(S(=O)(=O)O)c1)c1cc(Cl)ccc1Cl.[NaH]. The van der Waals surface area contributed by atoms with Crippen LogP contribution in [0.2, 0.25) is 10.0 Å². The van der Waals surface area contributed by atoms with Gasteiger partial charge in [-0.05, 0) is 30.3 Å². The molecule has 106 valence electrons. The van der Waals surface area contributed by atoms with E-state index in [-0.39, 0.29) is 50.6 Å². The molecule has 0 saturated heterocycles. The summed E-state index contributed by atoms with van der Waals surface area (Å²) in [7, 11) is -4.37. The molecule has 8 heteroatoms. The average Bonchev–Trinajstić information content (AvgIpc) is 2.40. The molecule has 0 spiro atoms. The summed E-state index contributed by atoms with van der Waals surface area (Å²) >= 11 is 11.7. The van der Waals surface area contributed by atoms with Crippen molar-refractivity contribution in [1.29, 1.82) is 0 Å². The third kappa shape index (κ3) is 4.53. The number of hydrogen-bond acceptors (Lipinski definition) is 3. The predicted octanol–water partition coefficient (Wildman–Crippen LogP) is 2.82. The molecule has 0 bridgehead atoms. The Kier molecular flexibility index (Phi) is 6.43. The molecule has 1 N–H and O–H groups in total. The van der Waals surface area contributed by atoms with E-state index in [9.17, 15) is 13.2 Å². The quantitative estimate of drug-likeness (QED) is 0.522. The number of rotatable bonds is 3. The van der Waals surface area contributed by atoms with Gasteiger partial charge < -0.3 is 0 Å². The van der Waals surface area contributed by atoms with Crippen molar-refractivity contribution in [2.45, 2.75) is 4.90 Å². The Morgan fingerprint density at radius 1 is 1.05 bits per heavy atom. The van der Waals surface area contributed by atoms with Crippen molar-refractivity contribution in [3.05, 3.63) is 63.6 Å². The second-order valence-corrected chi connectivity index (χ2v) is 6.22. The maximum atomic E-state index is 12.3. The normalized spacial score (nSPS) is 10.8. The Labute approximate surface area is 154 Å². The molecule has 0 unspecified atom stereocenters. The van der Waals surface area contributed by atoms with Gasteiger partial charge in [0.15, 0.2) is 5.78 Å². The summed E-state index contributed by atoms with van der Waals surface area (Å²) in [6.45, 7) is 0. The minimum atomic E-state index is -4.37. The van der Waals surface area contributed by atoms with Gasteiger partial charge in [0.05, 0.1) is 9.92 Å². The second-order valence-electron chi connectivity index (χ2n) is 3.96. The topological polar surface area (TPSA) is 71.4 Å². The first-order valence-corrected chi connectivity index (χ1v) is 7.56. The van der Waals surface area contributed by atoms with Crippen molar-refractivity contribution >= 4 is 68.7 Å². The van der Waals surface area contributed by atoms with Gasteiger partial charge >= 0.3 is 29.6 Å². The first-order chi connectivity index (χ1) is 9.29. The molecule has 0 aliphatic carbocycles. The van der Waals surface area contributed by atoms with Crippen LogP contribution < -0.4 is 0 Å². The van der Waals surface area contributed by atoms with Crippen LogP contribution in [0.15, 0.2) is 47.4 Å². The standard InChI is InChI=1S/C13H8Cl2O4S.Na.H/c14-9-4-5-12(15)11(7-9)13(16)8-2-1-3-10(6-8)20(17,18)19;;/h1-7H,(H,17,18,19);;. The molecule has 0 aliphatic rings. The van der Waals surface area contributed by atoms with E-state index in [1.807, 2.05) is 0 Å². The van der Waals surface area contributed by atoms with E-state index >= 15 is 0 Å². The van der Waals surface area contributed by atoms with Gasteiger partial charge in [0, 0.05) is 16.1 Å². The van der Waals surface area contributed by atoms with Crippen molar-refractivity contribution in [3.8, 4) is 0 Å². The molecule has 2 aromatic carbocycles. The van der Waals surface area contributed by atoms with Gasteiger partial charge in [-0.15, -0.1) is 0 Å². The fourth-order valence-electron chi connectivity index (χ4n) is 1.62. The summed E-state index contributed by atoms with van der Waals surface area (Å²) < 4.78 is 31.1. The first kappa shape index (κ1) is 18.6. The monoisotopic (exact) mass is 354 g/mol. The Balaban J connectivity index is 0.00000220. The van der Waals surface area contributed by atoms with Crippen molar-refractivity contribution in [3.63, 3.8) is 0 Å². The average molecular weight is 355 g/mol. The number of hydrogen-bond donors (Lipinski definition) is 1. The molecule has 2 aromatic rings. The molecule has 4 nitrogen and oxygen atoms in total. The Hall–Kier alpha value is -0.400. The van der Waals surface area contributed by atoms with E-state index in [2.05, 4.69) is 0 Å². The Morgan fingerprint density at radius 2 is 1.71 bits per heavy atom. The van der Waals surface area contributed by atoms with Crippen molar-refractivity contribution in [1.82, 2.24) is 0 Å². The second kappa shape index (κ2) is 7.24. The predicted molar refractivity (Wildman–Crippen MR) is 83.3 cm³/mol. The molecule has 0 radical (unpaired) electrons. The molecule has 0 fully saturated rings. The molecule has 0 aliphatic heterocycles. The summed E-state index contributed by atoms with van der Waals surface area (Å²) in [4.78, 5) is 11.9. The summed E-state index contributed by atoms with van der Waals surface area (Å²) in [6.07, 6.45) is 0. The molecular formula is C13H9Cl2NaO4S. The zero-order valence-electron chi connectivity index (χ0n) is 9.88. The zero-order valence-corrected chi connectivity index (χ0v) is 12.2. The molecule has 0 saturated carbocycles. The molecule has 0 atom stereocenters. The fraction of sp³-hybridized carbons (Fsp3) is 0. The van der Waals surface area contributed by atoms with Crippen molar-refractivity contribution < 1.29 is 17.8 Å². The van der Waals surface area contributed by atoms with E-state index < -0.39 is 15.9 Å². The van der Waals surface area contributed by atoms with Crippen LogP contribution in [0, 0.1) is 0 Å². The van der Waals surface area contributed by atoms with E-state index in [0.29, 0.717) is 5.02 Å². The van der Waals surface area contributed by atoms with E-state index in [1.165, 1.54) is 36.4 Å². The van der Waals surface area contributed by atoms with Gasteiger partial charge in [0.1, 0.15) is 0 Å². The number of carbonyl (C=O) groups excluding carboxylic acids is 1. The molecule has 0 aromatic heterocycles. The number of carbonyl (C=O) groups is 1. The summed E-state index contributed by atoms with van der Waals surface area (Å²) in [6, 6.07) is 9.45. The zero-order chi connectivity index (χ0) is 14.9. The Morgan fingerprint density at radius 3 is 2.33 bits per heavy atom. The fourth-order valence-corrected chi connectivity index (χ4v) is 2.53. The van der Waals surface area contributed by atoms with Crippen LogP contribution >= 0.6 is 23.2 Å². The van der Waals surface area contributed by atoms with E-state index in [0.717, 1.165) is 6.07 Å². The third-order valence-corrected chi connectivity index (χ3v) is 3.98. The first-order valence-electron chi connectivity index (χ1n) is 5.36. The van der Waals surface area contributed by atoms with Gasteiger partial charge in [0.2, 0.25) is 0 Å². The van der Waals surface area contributed by atoms with Crippen LogP contribution in [0.4, 0.5) is 0 Å². The van der Waals surface area contributed by atoms with Crippen LogP contribution in [0.3, 0.4) is 0 Å². The van der Waals surface area contributed by atoms with Crippen molar-refractivity contribution in [2.24, 2.45) is 0 Å². The third-order valence-electron chi connectivity index (χ3n) is 2.57. The van der Waals surface area contributed by atoms with E-state index in [1.54, 1.807) is 0 Å². The van der Waals surface area contributed by atoms with Gasteiger partial charge in [-0.2, -0.15) is 8.42 Å². The summed E-state index contributed by atoms with van der Waals surface area (Å²) in [5.74, 6) is -0.483. The minimum absolute atomic E-state index is 0. The van der Waals surface area contributed by atoms with Crippen LogP contribution in [-0.4, -0.2) is 48.3 Å². The van der Waals surface area contributed by atoms with Gasteiger partial charge in [-0.25, -0.2) is 0 Å².